The number of aromatic nitrogens is 5. The van der Waals surface area contributed by atoms with Gasteiger partial charge in [0, 0.05) is 48.7 Å². The van der Waals surface area contributed by atoms with Crippen LogP contribution in [0.25, 0.3) is 28.0 Å². The lowest BCUT2D eigenvalue weighted by Gasteiger charge is -2.27. The zero-order valence-corrected chi connectivity index (χ0v) is 17.5. The van der Waals surface area contributed by atoms with E-state index in [1.807, 2.05) is 42.2 Å². The quantitative estimate of drug-likeness (QED) is 0.507. The number of fused-ring (bicyclic) bond motifs is 1. The fraction of sp³-hybridized carbons (Fsp3) is 0.333. The van der Waals surface area contributed by atoms with E-state index in [-0.39, 0.29) is 0 Å². The summed E-state index contributed by atoms with van der Waals surface area (Å²) in [5, 5.41) is 5.02. The van der Waals surface area contributed by atoms with E-state index in [0.29, 0.717) is 5.92 Å². The maximum atomic E-state index is 5.46. The first kappa shape index (κ1) is 18.4. The third-order valence-electron chi connectivity index (χ3n) is 6.12. The average molecular weight is 412 g/mol. The van der Waals surface area contributed by atoms with Crippen molar-refractivity contribution in [1.82, 2.24) is 24.6 Å². The molecule has 7 heteroatoms. The Balaban J connectivity index is 1.48. The minimum Gasteiger partial charge on any atom is -0.378 e. The lowest BCUT2D eigenvalue weighted by atomic mass is 10.1. The van der Waals surface area contributed by atoms with E-state index < -0.39 is 0 Å². The Morgan fingerprint density at radius 2 is 1.81 bits per heavy atom. The van der Waals surface area contributed by atoms with Crippen LogP contribution >= 0.6 is 0 Å². The molecule has 0 N–H and O–H groups in total. The van der Waals surface area contributed by atoms with Crippen LogP contribution < -0.4 is 4.90 Å². The number of hydrogen-bond acceptors (Lipinski definition) is 6. The Morgan fingerprint density at radius 3 is 2.52 bits per heavy atom. The van der Waals surface area contributed by atoms with Crippen LogP contribution in [0.15, 0.2) is 48.9 Å². The smallest absolute Gasteiger partial charge is 0.162 e. The van der Waals surface area contributed by atoms with Gasteiger partial charge in [0.25, 0.3) is 0 Å². The van der Waals surface area contributed by atoms with Gasteiger partial charge in [0.2, 0.25) is 0 Å². The second kappa shape index (κ2) is 7.42. The van der Waals surface area contributed by atoms with Gasteiger partial charge in [0.15, 0.2) is 5.65 Å². The number of anilines is 1. The number of imidazole rings is 1. The van der Waals surface area contributed by atoms with Gasteiger partial charge in [0.05, 0.1) is 30.3 Å². The van der Waals surface area contributed by atoms with Crippen molar-refractivity contribution >= 4 is 11.5 Å². The Kier molecular flexibility index (Phi) is 4.42. The number of ether oxygens (including phenoxy) is 1. The highest BCUT2D eigenvalue weighted by molar-refractivity contribution is 5.80. The third-order valence-corrected chi connectivity index (χ3v) is 6.12. The molecule has 0 spiro atoms. The number of aryl methyl sites for hydroxylation is 1. The van der Waals surface area contributed by atoms with E-state index in [9.17, 15) is 0 Å². The fourth-order valence-electron chi connectivity index (χ4n) is 4.31. The largest absolute Gasteiger partial charge is 0.378 e. The van der Waals surface area contributed by atoms with Crippen LogP contribution in [-0.4, -0.2) is 50.9 Å². The molecule has 2 aliphatic rings. The fourth-order valence-corrected chi connectivity index (χ4v) is 4.31. The Hall–Kier alpha value is -3.32. The van der Waals surface area contributed by atoms with Crippen molar-refractivity contribution in [1.29, 1.82) is 0 Å². The first-order valence-electron chi connectivity index (χ1n) is 10.9. The van der Waals surface area contributed by atoms with Crippen LogP contribution in [0.4, 0.5) is 5.82 Å². The van der Waals surface area contributed by atoms with Crippen LogP contribution in [0, 0.1) is 6.92 Å². The normalized spacial score (nSPS) is 16.7. The van der Waals surface area contributed by atoms with Crippen molar-refractivity contribution < 1.29 is 4.74 Å². The molecule has 4 aromatic heterocycles. The van der Waals surface area contributed by atoms with Gasteiger partial charge in [0.1, 0.15) is 5.82 Å². The molecule has 5 heterocycles. The maximum Gasteiger partial charge on any atom is 0.162 e. The molecule has 156 valence electrons. The second-order valence-corrected chi connectivity index (χ2v) is 8.28. The zero-order valence-electron chi connectivity index (χ0n) is 17.5. The molecule has 1 aliphatic carbocycles. The zero-order chi connectivity index (χ0) is 20.8. The van der Waals surface area contributed by atoms with Gasteiger partial charge in [-0.05, 0) is 55.7 Å². The number of hydrogen-bond donors (Lipinski definition) is 0. The summed E-state index contributed by atoms with van der Waals surface area (Å²) in [5.41, 5.74) is 7.22. The van der Waals surface area contributed by atoms with Crippen LogP contribution in [0.5, 0.6) is 0 Å². The average Bonchev–Trinajstić information content (AvgIpc) is 3.62. The molecular weight excluding hydrogens is 388 g/mol. The predicted octanol–water partition coefficient (Wildman–Crippen LogP) is 3.88. The summed E-state index contributed by atoms with van der Waals surface area (Å²) in [6.45, 7) is 5.31. The molecule has 0 bridgehead atoms. The molecule has 31 heavy (non-hydrogen) atoms. The van der Waals surface area contributed by atoms with Crippen LogP contribution in [0.1, 0.15) is 30.1 Å². The Labute approximate surface area is 180 Å². The molecule has 1 saturated heterocycles. The number of rotatable bonds is 4. The maximum absolute atomic E-state index is 5.46. The van der Waals surface area contributed by atoms with E-state index in [1.165, 1.54) is 12.8 Å². The first-order chi connectivity index (χ1) is 15.3. The van der Waals surface area contributed by atoms with Crippen molar-refractivity contribution in [2.24, 2.45) is 0 Å². The van der Waals surface area contributed by atoms with E-state index >= 15 is 0 Å². The Morgan fingerprint density at radius 1 is 1.00 bits per heavy atom. The van der Waals surface area contributed by atoms with Crippen LogP contribution in [0.2, 0.25) is 0 Å². The predicted molar refractivity (Wildman–Crippen MR) is 119 cm³/mol. The molecule has 0 amide bonds. The van der Waals surface area contributed by atoms with Crippen LogP contribution in [0.3, 0.4) is 0 Å². The van der Waals surface area contributed by atoms with Crippen molar-refractivity contribution in [2.45, 2.75) is 25.7 Å². The molecule has 1 saturated carbocycles. The molecule has 1 aliphatic heterocycles. The summed E-state index contributed by atoms with van der Waals surface area (Å²) in [5.74, 6) is 1.53. The summed E-state index contributed by atoms with van der Waals surface area (Å²) in [7, 11) is 0. The molecule has 0 aromatic carbocycles. The molecular formula is C24H24N6O. The van der Waals surface area contributed by atoms with Crippen molar-refractivity contribution in [2.75, 3.05) is 31.2 Å². The first-order valence-corrected chi connectivity index (χ1v) is 10.9. The molecule has 2 fully saturated rings. The standard InChI is InChI=1S/C24H24N6O/c1-16-23(19-4-5-22(26-15-19)29-10-12-31-13-11-29)30-24(27-16)20(17-6-8-25-9-7-17)14-21(28-30)18-2-3-18/h4-9,14-15,18H,2-3,10-13H2,1H3. The lowest BCUT2D eigenvalue weighted by Crippen LogP contribution is -2.36. The highest BCUT2D eigenvalue weighted by Crippen LogP contribution is 2.41. The van der Waals surface area contributed by atoms with Gasteiger partial charge < -0.3 is 9.64 Å². The van der Waals surface area contributed by atoms with E-state index in [1.54, 1.807) is 0 Å². The monoisotopic (exact) mass is 412 g/mol. The Bertz CT molecular complexity index is 1220. The molecule has 0 unspecified atom stereocenters. The molecule has 0 radical (unpaired) electrons. The van der Waals surface area contributed by atoms with Crippen molar-refractivity contribution in [3.63, 3.8) is 0 Å². The number of pyridine rings is 2. The minimum atomic E-state index is 0.544. The minimum absolute atomic E-state index is 0.544. The summed E-state index contributed by atoms with van der Waals surface area (Å²) in [6.07, 6.45) is 8.00. The van der Waals surface area contributed by atoms with E-state index in [2.05, 4.69) is 28.1 Å². The van der Waals surface area contributed by atoms with Gasteiger partial charge in [-0.1, -0.05) is 0 Å². The van der Waals surface area contributed by atoms with Gasteiger partial charge >= 0.3 is 0 Å². The van der Waals surface area contributed by atoms with Crippen molar-refractivity contribution in [3.05, 3.63) is 60.3 Å². The summed E-state index contributed by atoms with van der Waals surface area (Å²) in [4.78, 5) is 16.1. The summed E-state index contributed by atoms with van der Waals surface area (Å²) < 4.78 is 7.48. The van der Waals surface area contributed by atoms with Crippen molar-refractivity contribution in [3.8, 4) is 22.4 Å². The SMILES string of the molecule is Cc1nc2c(-c3ccncc3)cc(C3CC3)nn2c1-c1ccc(N2CCOCC2)nc1. The molecule has 0 atom stereocenters. The van der Waals surface area contributed by atoms with Gasteiger partial charge in [-0.3, -0.25) is 4.98 Å². The second-order valence-electron chi connectivity index (χ2n) is 8.28. The van der Waals surface area contributed by atoms with E-state index in [4.69, 9.17) is 19.8 Å². The number of nitrogens with zero attached hydrogens (tertiary/aromatic N) is 6. The van der Waals surface area contributed by atoms with Crippen LogP contribution in [-0.2, 0) is 4.74 Å². The molecule has 6 rings (SSSR count). The molecule has 4 aromatic rings. The topological polar surface area (TPSA) is 68.4 Å². The highest BCUT2D eigenvalue weighted by Gasteiger charge is 2.28. The van der Waals surface area contributed by atoms with Gasteiger partial charge in [-0.15, -0.1) is 0 Å². The molecule has 7 nitrogen and oxygen atoms in total. The highest BCUT2D eigenvalue weighted by atomic mass is 16.5. The van der Waals surface area contributed by atoms with Gasteiger partial charge in [-0.2, -0.15) is 5.10 Å². The summed E-state index contributed by atoms with van der Waals surface area (Å²) in [6, 6.07) is 10.5. The lowest BCUT2D eigenvalue weighted by molar-refractivity contribution is 0.122. The van der Waals surface area contributed by atoms with Gasteiger partial charge in [-0.25, -0.2) is 14.5 Å². The summed E-state index contributed by atoms with van der Waals surface area (Å²) >= 11 is 0. The third kappa shape index (κ3) is 3.35. The number of morpholine rings is 1. The van der Waals surface area contributed by atoms with E-state index in [0.717, 1.165) is 71.5 Å².